The van der Waals surface area contributed by atoms with Crippen molar-refractivity contribution in [2.75, 3.05) is 6.54 Å². The van der Waals surface area contributed by atoms with Gasteiger partial charge in [-0.2, -0.15) is 0 Å². The molecule has 0 spiro atoms. The minimum atomic E-state index is -0.107. The molecule has 18 heavy (non-hydrogen) atoms. The van der Waals surface area contributed by atoms with Crippen LogP contribution in [0.3, 0.4) is 0 Å². The number of hydrogen-bond acceptors (Lipinski definition) is 3. The van der Waals surface area contributed by atoms with Gasteiger partial charge in [-0.3, -0.25) is 4.79 Å². The van der Waals surface area contributed by atoms with Crippen LogP contribution in [0.5, 0.6) is 5.75 Å². The van der Waals surface area contributed by atoms with Gasteiger partial charge in [-0.25, -0.2) is 0 Å². The Hall–Kier alpha value is -1.55. The molecule has 2 rings (SSSR count). The standard InChI is InChI=1S/C14H20N2O2/c1-9-6-7-11(8-15-9)16-14(18)12-4-3-5-13(17)10(12)2/h3-5,9,11,15,17H,6-8H2,1-2H3,(H,16,18). The number of hydrogen-bond donors (Lipinski definition) is 3. The Labute approximate surface area is 107 Å². The molecule has 2 atom stereocenters. The molecule has 1 aliphatic rings. The van der Waals surface area contributed by atoms with Gasteiger partial charge >= 0.3 is 0 Å². The van der Waals surface area contributed by atoms with Crippen molar-refractivity contribution in [1.82, 2.24) is 10.6 Å². The van der Waals surface area contributed by atoms with Crippen molar-refractivity contribution in [3.05, 3.63) is 29.3 Å². The number of phenolic OH excluding ortho intramolecular Hbond substituents is 1. The van der Waals surface area contributed by atoms with E-state index in [0.717, 1.165) is 19.4 Å². The summed E-state index contributed by atoms with van der Waals surface area (Å²) >= 11 is 0. The summed E-state index contributed by atoms with van der Waals surface area (Å²) in [6, 6.07) is 5.73. The molecule has 1 aromatic rings. The number of piperidine rings is 1. The first-order valence-corrected chi connectivity index (χ1v) is 6.40. The number of nitrogens with one attached hydrogen (secondary N) is 2. The van der Waals surface area contributed by atoms with Crippen LogP contribution in [-0.2, 0) is 0 Å². The topological polar surface area (TPSA) is 61.4 Å². The second kappa shape index (κ2) is 5.40. The molecule has 1 amide bonds. The van der Waals surface area contributed by atoms with Crippen LogP contribution in [0.15, 0.2) is 18.2 Å². The smallest absolute Gasteiger partial charge is 0.251 e. The lowest BCUT2D eigenvalue weighted by Crippen LogP contribution is -2.48. The van der Waals surface area contributed by atoms with Gasteiger partial charge in [0, 0.05) is 29.8 Å². The zero-order chi connectivity index (χ0) is 13.1. The second-order valence-electron chi connectivity index (χ2n) is 5.01. The summed E-state index contributed by atoms with van der Waals surface area (Å²) in [6.45, 7) is 4.72. The average molecular weight is 248 g/mol. The van der Waals surface area contributed by atoms with Crippen molar-refractivity contribution in [3.63, 3.8) is 0 Å². The van der Waals surface area contributed by atoms with Gasteiger partial charge < -0.3 is 15.7 Å². The molecule has 3 N–H and O–H groups in total. The highest BCUT2D eigenvalue weighted by atomic mass is 16.3. The normalized spacial score (nSPS) is 23.7. The maximum absolute atomic E-state index is 12.1. The van der Waals surface area contributed by atoms with Gasteiger partial charge in [0.2, 0.25) is 0 Å². The van der Waals surface area contributed by atoms with Crippen molar-refractivity contribution in [3.8, 4) is 5.75 Å². The van der Waals surface area contributed by atoms with Crippen LogP contribution in [-0.4, -0.2) is 29.6 Å². The van der Waals surface area contributed by atoms with Crippen LogP contribution in [0.25, 0.3) is 0 Å². The van der Waals surface area contributed by atoms with E-state index >= 15 is 0 Å². The largest absolute Gasteiger partial charge is 0.508 e. The van der Waals surface area contributed by atoms with E-state index in [0.29, 0.717) is 17.2 Å². The summed E-state index contributed by atoms with van der Waals surface area (Å²) in [5.74, 6) is 0.0581. The molecule has 1 fully saturated rings. The van der Waals surface area contributed by atoms with Gasteiger partial charge in [-0.05, 0) is 38.8 Å². The number of carbonyl (C=O) groups is 1. The van der Waals surface area contributed by atoms with Gasteiger partial charge in [0.15, 0.2) is 0 Å². The van der Waals surface area contributed by atoms with Crippen LogP contribution >= 0.6 is 0 Å². The molecule has 0 aromatic heterocycles. The maximum Gasteiger partial charge on any atom is 0.251 e. The number of aromatic hydroxyl groups is 1. The Morgan fingerprint density at radius 3 is 2.89 bits per heavy atom. The molecule has 4 heteroatoms. The molecule has 2 unspecified atom stereocenters. The first-order chi connectivity index (χ1) is 8.58. The maximum atomic E-state index is 12.1. The highest BCUT2D eigenvalue weighted by molar-refractivity contribution is 5.96. The Morgan fingerprint density at radius 2 is 2.22 bits per heavy atom. The van der Waals surface area contributed by atoms with Crippen molar-refractivity contribution in [2.45, 2.75) is 38.8 Å². The predicted octanol–water partition coefficient (Wildman–Crippen LogP) is 1.57. The lowest BCUT2D eigenvalue weighted by Gasteiger charge is -2.28. The Kier molecular flexibility index (Phi) is 3.87. The summed E-state index contributed by atoms with van der Waals surface area (Å²) in [6.07, 6.45) is 2.07. The molecule has 0 bridgehead atoms. The molecule has 0 aliphatic carbocycles. The fourth-order valence-corrected chi connectivity index (χ4v) is 2.25. The first-order valence-electron chi connectivity index (χ1n) is 6.40. The predicted molar refractivity (Wildman–Crippen MR) is 70.8 cm³/mol. The zero-order valence-electron chi connectivity index (χ0n) is 10.9. The van der Waals surface area contributed by atoms with Crippen molar-refractivity contribution >= 4 is 5.91 Å². The summed E-state index contributed by atoms with van der Waals surface area (Å²) in [5.41, 5.74) is 1.18. The highest BCUT2D eigenvalue weighted by Crippen LogP contribution is 2.19. The molecular weight excluding hydrogens is 228 g/mol. The molecule has 98 valence electrons. The molecule has 1 aromatic carbocycles. The third kappa shape index (κ3) is 2.82. The molecule has 1 aliphatic heterocycles. The number of carbonyl (C=O) groups excluding carboxylic acids is 1. The minimum Gasteiger partial charge on any atom is -0.508 e. The number of benzene rings is 1. The van der Waals surface area contributed by atoms with Crippen LogP contribution < -0.4 is 10.6 Å². The van der Waals surface area contributed by atoms with Crippen LogP contribution in [0, 0.1) is 6.92 Å². The van der Waals surface area contributed by atoms with E-state index in [1.807, 2.05) is 0 Å². The zero-order valence-corrected chi connectivity index (χ0v) is 10.9. The van der Waals surface area contributed by atoms with Gasteiger partial charge in [-0.1, -0.05) is 6.07 Å². The summed E-state index contributed by atoms with van der Waals surface area (Å²) in [4.78, 5) is 12.1. The van der Waals surface area contributed by atoms with E-state index in [2.05, 4.69) is 17.6 Å². The molecule has 0 saturated carbocycles. The Balaban J connectivity index is 2.01. The van der Waals surface area contributed by atoms with Gasteiger partial charge in [0.25, 0.3) is 5.91 Å². The van der Waals surface area contributed by atoms with Crippen molar-refractivity contribution < 1.29 is 9.90 Å². The van der Waals surface area contributed by atoms with Gasteiger partial charge in [-0.15, -0.1) is 0 Å². The SMILES string of the molecule is Cc1c(O)cccc1C(=O)NC1CCC(C)NC1. The summed E-state index contributed by atoms with van der Waals surface area (Å²) < 4.78 is 0. The minimum absolute atomic E-state index is 0.107. The first kappa shape index (κ1) is 12.9. The second-order valence-corrected chi connectivity index (χ2v) is 5.01. The van der Waals surface area contributed by atoms with Crippen LogP contribution in [0.1, 0.15) is 35.7 Å². The third-order valence-corrected chi connectivity index (χ3v) is 3.55. The fourth-order valence-electron chi connectivity index (χ4n) is 2.25. The van der Waals surface area contributed by atoms with E-state index in [-0.39, 0.29) is 17.7 Å². The summed E-state index contributed by atoms with van der Waals surface area (Å²) in [5, 5.41) is 16.0. The third-order valence-electron chi connectivity index (χ3n) is 3.55. The van der Waals surface area contributed by atoms with E-state index in [9.17, 15) is 9.90 Å². The van der Waals surface area contributed by atoms with Gasteiger partial charge in [0.1, 0.15) is 5.75 Å². The quantitative estimate of drug-likeness (QED) is 0.744. The molecular formula is C14H20N2O2. The monoisotopic (exact) mass is 248 g/mol. The molecule has 1 saturated heterocycles. The van der Waals surface area contributed by atoms with E-state index in [1.165, 1.54) is 0 Å². The van der Waals surface area contributed by atoms with E-state index < -0.39 is 0 Å². The average Bonchev–Trinajstić information content (AvgIpc) is 2.35. The number of amides is 1. The molecule has 4 nitrogen and oxygen atoms in total. The van der Waals surface area contributed by atoms with Crippen LogP contribution in [0.4, 0.5) is 0 Å². The molecule has 1 heterocycles. The molecule has 0 radical (unpaired) electrons. The van der Waals surface area contributed by atoms with E-state index in [1.54, 1.807) is 25.1 Å². The van der Waals surface area contributed by atoms with Crippen LogP contribution in [0.2, 0.25) is 0 Å². The number of phenols is 1. The number of rotatable bonds is 2. The Bertz CT molecular complexity index is 437. The van der Waals surface area contributed by atoms with Crippen molar-refractivity contribution in [1.29, 1.82) is 0 Å². The lowest BCUT2D eigenvalue weighted by atomic mass is 10.0. The summed E-state index contributed by atoms with van der Waals surface area (Å²) in [7, 11) is 0. The highest BCUT2D eigenvalue weighted by Gasteiger charge is 2.20. The van der Waals surface area contributed by atoms with E-state index in [4.69, 9.17) is 0 Å². The fraction of sp³-hybridized carbons (Fsp3) is 0.500. The van der Waals surface area contributed by atoms with Crippen molar-refractivity contribution in [2.24, 2.45) is 0 Å². The lowest BCUT2D eigenvalue weighted by molar-refractivity contribution is 0.0926. The Morgan fingerprint density at radius 1 is 1.44 bits per heavy atom. The van der Waals surface area contributed by atoms with Gasteiger partial charge in [0.05, 0.1) is 0 Å².